The van der Waals surface area contributed by atoms with Crippen molar-refractivity contribution in [2.45, 2.75) is 106 Å². The SMILES string of the molecule is COC(=O)NCC(=O)NCCCCc1ncc(-c2ccc(C34CCC(c5cnc(C6CCCN6C(=O)C(NC(=O)OC)C6CC6)[nH]5)(CC3)CC4)cc2)[nH]1. The van der Waals surface area contributed by atoms with Gasteiger partial charge in [-0.05, 0) is 99.5 Å². The molecule has 5 N–H and O–H groups in total. The Labute approximate surface area is 310 Å². The van der Waals surface area contributed by atoms with Crippen molar-refractivity contribution >= 4 is 24.0 Å². The number of aromatic nitrogens is 4. The number of benzene rings is 1. The molecule has 2 unspecified atom stereocenters. The lowest BCUT2D eigenvalue weighted by Crippen LogP contribution is -2.49. The number of aryl methyl sites for hydroxylation is 1. The van der Waals surface area contributed by atoms with Crippen molar-refractivity contribution in [2.24, 2.45) is 5.92 Å². The van der Waals surface area contributed by atoms with E-state index in [9.17, 15) is 19.2 Å². The quantitative estimate of drug-likeness (QED) is 0.145. The number of hydrogen-bond donors (Lipinski definition) is 5. The van der Waals surface area contributed by atoms with Crippen LogP contribution in [-0.4, -0.2) is 88.7 Å². The van der Waals surface area contributed by atoms with Crippen LogP contribution in [0.25, 0.3) is 11.3 Å². The van der Waals surface area contributed by atoms with Crippen LogP contribution in [-0.2, 0) is 36.3 Å². The zero-order valence-electron chi connectivity index (χ0n) is 30.8. The van der Waals surface area contributed by atoms with Crippen LogP contribution in [0.2, 0.25) is 0 Å². The summed E-state index contributed by atoms with van der Waals surface area (Å²) in [7, 11) is 2.59. The fourth-order valence-corrected chi connectivity index (χ4v) is 8.86. The highest BCUT2D eigenvalue weighted by molar-refractivity contribution is 5.87. The first-order valence-electron chi connectivity index (χ1n) is 19.2. The number of imidazole rings is 2. The fraction of sp³-hybridized carbons (Fsp3) is 0.590. The van der Waals surface area contributed by atoms with E-state index in [1.54, 1.807) is 0 Å². The molecule has 1 saturated heterocycles. The van der Waals surface area contributed by atoms with Crippen LogP contribution in [0.15, 0.2) is 36.7 Å². The highest BCUT2D eigenvalue weighted by Crippen LogP contribution is 2.58. The third-order valence-corrected chi connectivity index (χ3v) is 12.3. The van der Waals surface area contributed by atoms with E-state index in [1.165, 1.54) is 25.5 Å². The van der Waals surface area contributed by atoms with Crippen molar-refractivity contribution < 1.29 is 28.7 Å². The summed E-state index contributed by atoms with van der Waals surface area (Å²) in [5.41, 5.74) is 5.00. The second-order valence-corrected chi connectivity index (χ2v) is 15.4. The third-order valence-electron chi connectivity index (χ3n) is 12.3. The summed E-state index contributed by atoms with van der Waals surface area (Å²) in [6.07, 6.45) is 15.6. The van der Waals surface area contributed by atoms with Crippen molar-refractivity contribution in [3.63, 3.8) is 0 Å². The predicted octanol–water partition coefficient (Wildman–Crippen LogP) is 4.94. The Morgan fingerprint density at radius 1 is 0.868 bits per heavy atom. The number of carbonyl (C=O) groups excluding carboxylic acids is 4. The number of hydrogen-bond acceptors (Lipinski definition) is 8. The van der Waals surface area contributed by atoms with E-state index < -0.39 is 18.2 Å². The van der Waals surface area contributed by atoms with Crippen molar-refractivity contribution in [1.82, 2.24) is 40.8 Å². The number of fused-ring (bicyclic) bond motifs is 3. The van der Waals surface area contributed by atoms with Crippen LogP contribution >= 0.6 is 0 Å². The van der Waals surface area contributed by atoms with Gasteiger partial charge in [0, 0.05) is 36.8 Å². The van der Waals surface area contributed by atoms with Crippen LogP contribution in [0.3, 0.4) is 0 Å². The number of unbranched alkanes of at least 4 members (excludes halogenated alkanes) is 1. The Morgan fingerprint density at radius 3 is 2.28 bits per heavy atom. The van der Waals surface area contributed by atoms with Crippen molar-refractivity contribution in [3.05, 3.63) is 59.6 Å². The van der Waals surface area contributed by atoms with E-state index in [2.05, 4.69) is 59.9 Å². The lowest BCUT2D eigenvalue weighted by atomic mass is 9.51. The van der Waals surface area contributed by atoms with E-state index in [0.717, 1.165) is 106 Å². The summed E-state index contributed by atoms with van der Waals surface area (Å²) in [6.45, 7) is 1.10. The summed E-state index contributed by atoms with van der Waals surface area (Å²) >= 11 is 0. The minimum Gasteiger partial charge on any atom is -0.453 e. The van der Waals surface area contributed by atoms with Crippen LogP contribution in [0, 0.1) is 5.92 Å². The van der Waals surface area contributed by atoms with Gasteiger partial charge in [0.15, 0.2) is 0 Å². The molecule has 3 aromatic rings. The van der Waals surface area contributed by atoms with Gasteiger partial charge in [-0.3, -0.25) is 9.59 Å². The lowest BCUT2D eigenvalue weighted by Gasteiger charge is -2.53. The number of amides is 4. The maximum absolute atomic E-state index is 13.7. The number of nitrogens with one attached hydrogen (secondary N) is 5. The van der Waals surface area contributed by atoms with Crippen molar-refractivity contribution in [2.75, 3.05) is 33.9 Å². The van der Waals surface area contributed by atoms with Crippen molar-refractivity contribution in [1.29, 1.82) is 0 Å². The Balaban J connectivity index is 0.909. The first-order chi connectivity index (χ1) is 25.7. The molecule has 3 heterocycles. The van der Waals surface area contributed by atoms with Crippen LogP contribution in [0.4, 0.5) is 9.59 Å². The van der Waals surface area contributed by atoms with Gasteiger partial charge in [-0.1, -0.05) is 24.3 Å². The predicted molar refractivity (Wildman–Crippen MR) is 196 cm³/mol. The van der Waals surface area contributed by atoms with Gasteiger partial charge in [0.25, 0.3) is 0 Å². The van der Waals surface area contributed by atoms with Gasteiger partial charge in [0.1, 0.15) is 17.7 Å². The van der Waals surface area contributed by atoms with Crippen LogP contribution < -0.4 is 16.0 Å². The summed E-state index contributed by atoms with van der Waals surface area (Å²) < 4.78 is 9.28. The summed E-state index contributed by atoms with van der Waals surface area (Å²) in [5, 5.41) is 7.95. The van der Waals surface area contributed by atoms with E-state index in [0.29, 0.717) is 13.1 Å². The van der Waals surface area contributed by atoms with Crippen molar-refractivity contribution in [3.8, 4) is 11.3 Å². The molecule has 1 aliphatic heterocycles. The van der Waals surface area contributed by atoms with Gasteiger partial charge >= 0.3 is 12.2 Å². The summed E-state index contributed by atoms with van der Waals surface area (Å²) in [6, 6.07) is 8.38. The number of ether oxygens (including phenoxy) is 2. The molecule has 5 aliphatic rings. The topological polar surface area (TPSA) is 183 Å². The molecule has 14 nitrogen and oxygen atoms in total. The molecule has 14 heteroatoms. The molecule has 53 heavy (non-hydrogen) atoms. The fourth-order valence-electron chi connectivity index (χ4n) is 8.86. The monoisotopic (exact) mass is 728 g/mol. The standard InChI is InChI=1S/C39H52N8O6/c1-52-36(50)43-24-32(48)40-20-4-3-7-31-41-22-28(44-31)25-10-12-27(13-11-25)38-14-17-39(18-15-38,19-16-38)30-23-42-34(45-30)29-6-5-21-47(29)35(49)33(26-8-9-26)46-37(51)53-2/h10-13,22-23,26,29,33H,3-9,14-21,24H2,1-2H3,(H,40,48)(H,41,44)(H,42,45)(H,43,50)(H,46,51). The zero-order valence-corrected chi connectivity index (χ0v) is 30.8. The molecule has 2 aromatic heterocycles. The molecule has 0 spiro atoms. The van der Waals surface area contributed by atoms with Gasteiger partial charge in [-0.25, -0.2) is 19.6 Å². The Bertz CT molecular complexity index is 1760. The molecular weight excluding hydrogens is 676 g/mol. The number of carbonyl (C=O) groups is 4. The smallest absolute Gasteiger partial charge is 0.407 e. The number of nitrogens with zero attached hydrogens (tertiary/aromatic N) is 3. The minimum absolute atomic E-state index is 0.0285. The molecule has 4 saturated carbocycles. The molecule has 1 aromatic carbocycles. The molecule has 8 rings (SSSR count). The summed E-state index contributed by atoms with van der Waals surface area (Å²) in [5.74, 6) is 1.69. The molecule has 2 bridgehead atoms. The number of H-pyrrole nitrogens is 2. The van der Waals surface area contributed by atoms with Crippen LogP contribution in [0.1, 0.15) is 106 Å². The number of alkyl carbamates (subject to hydrolysis) is 2. The van der Waals surface area contributed by atoms with Crippen LogP contribution in [0.5, 0.6) is 0 Å². The average molecular weight is 729 g/mol. The van der Waals surface area contributed by atoms with Gasteiger partial charge in [0.05, 0.1) is 38.7 Å². The van der Waals surface area contributed by atoms with E-state index >= 15 is 0 Å². The highest BCUT2D eigenvalue weighted by Gasteiger charge is 2.51. The number of rotatable bonds is 14. The van der Waals surface area contributed by atoms with Gasteiger partial charge in [-0.15, -0.1) is 0 Å². The Morgan fingerprint density at radius 2 is 1.58 bits per heavy atom. The maximum Gasteiger partial charge on any atom is 0.407 e. The molecular formula is C39H52N8O6. The molecule has 4 amide bonds. The van der Waals surface area contributed by atoms with E-state index in [-0.39, 0.29) is 41.1 Å². The maximum atomic E-state index is 13.7. The zero-order chi connectivity index (χ0) is 37.0. The number of aromatic amines is 2. The molecule has 0 radical (unpaired) electrons. The first kappa shape index (κ1) is 36.5. The van der Waals surface area contributed by atoms with E-state index in [4.69, 9.17) is 9.72 Å². The normalized spacial score (nSPS) is 24.0. The number of likely N-dealkylation sites (tertiary alicyclic amines) is 1. The average Bonchev–Trinajstić information content (AvgIpc) is 3.53. The Hall–Kier alpha value is -4.88. The second kappa shape index (κ2) is 15.6. The third kappa shape index (κ3) is 7.91. The molecule has 4 aliphatic carbocycles. The van der Waals surface area contributed by atoms with Gasteiger partial charge in [-0.2, -0.15) is 0 Å². The lowest BCUT2D eigenvalue weighted by molar-refractivity contribution is -0.135. The highest BCUT2D eigenvalue weighted by atomic mass is 16.5. The number of methoxy groups -OCH3 is 2. The molecule has 284 valence electrons. The summed E-state index contributed by atoms with van der Waals surface area (Å²) in [4.78, 5) is 67.1. The first-order valence-corrected chi connectivity index (χ1v) is 19.2. The Kier molecular flexibility index (Phi) is 10.7. The molecule has 5 fully saturated rings. The van der Waals surface area contributed by atoms with Gasteiger partial charge < -0.3 is 40.3 Å². The van der Waals surface area contributed by atoms with Gasteiger partial charge in [0.2, 0.25) is 11.8 Å². The minimum atomic E-state index is -0.627. The second-order valence-electron chi connectivity index (χ2n) is 15.4. The largest absolute Gasteiger partial charge is 0.453 e. The molecule has 2 atom stereocenters. The van der Waals surface area contributed by atoms with E-state index in [1.807, 2.05) is 17.3 Å².